The number of carbonyl (C=O) groups excluding carboxylic acids is 1. The molecule has 0 unspecified atom stereocenters. The number of amides is 1. The molecule has 5 heteroatoms. The summed E-state index contributed by atoms with van der Waals surface area (Å²) in [7, 11) is 0. The van der Waals surface area contributed by atoms with Gasteiger partial charge in [0, 0.05) is 26.3 Å². The Morgan fingerprint density at radius 1 is 1.26 bits per heavy atom. The summed E-state index contributed by atoms with van der Waals surface area (Å²) < 4.78 is 5.39. The number of hydrogen-bond acceptors (Lipinski definition) is 4. The molecule has 0 aromatic heterocycles. The lowest BCUT2D eigenvalue weighted by atomic mass is 9.75. The third-order valence-electron chi connectivity index (χ3n) is 3.60. The van der Waals surface area contributed by atoms with Crippen LogP contribution in [0.15, 0.2) is 0 Å². The highest BCUT2D eigenvalue weighted by molar-refractivity contribution is 5.68. The fraction of sp³-hybridized carbons (Fsp3) is 0.929. The van der Waals surface area contributed by atoms with Gasteiger partial charge in [-0.05, 0) is 51.9 Å². The number of carbonyl (C=O) groups is 1. The van der Waals surface area contributed by atoms with E-state index < -0.39 is 5.60 Å². The molecule has 0 aromatic carbocycles. The summed E-state index contributed by atoms with van der Waals surface area (Å²) in [5, 5.41) is 18.4. The van der Waals surface area contributed by atoms with E-state index in [4.69, 9.17) is 4.74 Å². The van der Waals surface area contributed by atoms with Crippen molar-refractivity contribution in [1.82, 2.24) is 4.90 Å². The zero-order chi connectivity index (χ0) is 14.5. The normalized spacial score (nSPS) is 19.3. The van der Waals surface area contributed by atoms with E-state index in [0.717, 1.165) is 12.8 Å². The first kappa shape index (κ1) is 16.2. The second-order valence-electron chi connectivity index (χ2n) is 6.45. The summed E-state index contributed by atoms with van der Waals surface area (Å²) in [6.45, 7) is 6.97. The first-order chi connectivity index (χ1) is 8.82. The van der Waals surface area contributed by atoms with Crippen LogP contribution in [0.2, 0.25) is 0 Å². The number of nitrogens with zero attached hydrogens (tertiary/aromatic N) is 1. The molecule has 112 valence electrons. The van der Waals surface area contributed by atoms with Gasteiger partial charge in [-0.3, -0.25) is 0 Å². The van der Waals surface area contributed by atoms with Gasteiger partial charge in [0.25, 0.3) is 0 Å². The molecular weight excluding hydrogens is 246 g/mol. The molecule has 0 radical (unpaired) electrons. The maximum absolute atomic E-state index is 12.1. The molecule has 0 aromatic rings. The fourth-order valence-corrected chi connectivity index (χ4v) is 2.70. The van der Waals surface area contributed by atoms with E-state index in [1.54, 1.807) is 4.90 Å². The molecule has 0 aliphatic carbocycles. The highest BCUT2D eigenvalue weighted by atomic mass is 16.6. The van der Waals surface area contributed by atoms with Crippen LogP contribution >= 0.6 is 0 Å². The van der Waals surface area contributed by atoms with E-state index in [-0.39, 0.29) is 24.7 Å². The molecule has 1 aliphatic rings. The number of rotatable bonds is 4. The summed E-state index contributed by atoms with van der Waals surface area (Å²) in [5.41, 5.74) is -0.663. The number of ether oxygens (including phenoxy) is 1. The smallest absolute Gasteiger partial charge is 0.410 e. The van der Waals surface area contributed by atoms with Crippen molar-refractivity contribution in [3.63, 3.8) is 0 Å². The van der Waals surface area contributed by atoms with Crippen LogP contribution in [-0.4, -0.2) is 53.1 Å². The van der Waals surface area contributed by atoms with Crippen LogP contribution in [0.5, 0.6) is 0 Å². The van der Waals surface area contributed by atoms with Gasteiger partial charge in [0.1, 0.15) is 5.60 Å². The minimum Gasteiger partial charge on any atom is -0.444 e. The minimum absolute atomic E-state index is 0.0855. The average molecular weight is 273 g/mol. The third-order valence-corrected chi connectivity index (χ3v) is 3.60. The van der Waals surface area contributed by atoms with Crippen molar-refractivity contribution in [1.29, 1.82) is 0 Å². The van der Waals surface area contributed by atoms with Crippen LogP contribution in [-0.2, 0) is 4.74 Å². The molecule has 1 amide bonds. The SMILES string of the molecule is CC(C)(C)OC(=O)N1CCCC(CCO)(CCO)C1. The molecule has 0 saturated carbocycles. The summed E-state index contributed by atoms with van der Waals surface area (Å²) in [6, 6.07) is 0. The van der Waals surface area contributed by atoms with Crippen LogP contribution in [0.3, 0.4) is 0 Å². The largest absolute Gasteiger partial charge is 0.444 e. The van der Waals surface area contributed by atoms with Crippen molar-refractivity contribution in [3.8, 4) is 0 Å². The third kappa shape index (κ3) is 4.99. The second kappa shape index (κ2) is 6.57. The standard InChI is InChI=1S/C14H27NO4/c1-13(2,3)19-12(18)15-8-4-5-14(11-15,6-9-16)7-10-17/h16-17H,4-11H2,1-3H3. The van der Waals surface area contributed by atoms with Crippen molar-refractivity contribution in [3.05, 3.63) is 0 Å². The summed E-state index contributed by atoms with van der Waals surface area (Å²) in [4.78, 5) is 13.8. The van der Waals surface area contributed by atoms with Crippen molar-refractivity contribution in [2.45, 2.75) is 52.1 Å². The summed E-state index contributed by atoms with van der Waals surface area (Å²) in [6.07, 6.45) is 2.76. The molecule has 19 heavy (non-hydrogen) atoms. The number of piperidine rings is 1. The Morgan fingerprint density at radius 3 is 2.32 bits per heavy atom. The highest BCUT2D eigenvalue weighted by Crippen LogP contribution is 2.36. The molecule has 5 nitrogen and oxygen atoms in total. The van der Waals surface area contributed by atoms with Gasteiger partial charge in [-0.25, -0.2) is 4.79 Å². The number of aliphatic hydroxyl groups excluding tert-OH is 2. The lowest BCUT2D eigenvalue weighted by Gasteiger charge is -2.42. The maximum Gasteiger partial charge on any atom is 0.410 e. The van der Waals surface area contributed by atoms with Crippen molar-refractivity contribution >= 4 is 6.09 Å². The first-order valence-corrected chi connectivity index (χ1v) is 7.02. The van der Waals surface area contributed by atoms with Gasteiger partial charge in [0.2, 0.25) is 0 Å². The molecule has 1 fully saturated rings. The van der Waals surface area contributed by atoms with E-state index in [2.05, 4.69) is 0 Å². The van der Waals surface area contributed by atoms with Crippen molar-refractivity contribution < 1.29 is 19.7 Å². The molecule has 0 bridgehead atoms. The van der Waals surface area contributed by atoms with Gasteiger partial charge in [-0.15, -0.1) is 0 Å². The Kier molecular flexibility index (Phi) is 5.62. The molecule has 1 saturated heterocycles. The molecule has 1 rings (SSSR count). The Labute approximate surface area is 115 Å². The topological polar surface area (TPSA) is 70.0 Å². The quantitative estimate of drug-likeness (QED) is 0.819. The van der Waals surface area contributed by atoms with Crippen LogP contribution in [0.4, 0.5) is 4.79 Å². The molecule has 1 heterocycles. The van der Waals surface area contributed by atoms with Gasteiger partial charge >= 0.3 is 6.09 Å². The van der Waals surface area contributed by atoms with Crippen LogP contribution in [0.1, 0.15) is 46.5 Å². The zero-order valence-electron chi connectivity index (χ0n) is 12.3. The fourth-order valence-electron chi connectivity index (χ4n) is 2.70. The van der Waals surface area contributed by atoms with E-state index in [9.17, 15) is 15.0 Å². The Bertz CT molecular complexity index is 287. The van der Waals surface area contributed by atoms with Gasteiger partial charge in [0.05, 0.1) is 0 Å². The van der Waals surface area contributed by atoms with E-state index >= 15 is 0 Å². The summed E-state index contributed by atoms with van der Waals surface area (Å²) in [5.74, 6) is 0. The van der Waals surface area contributed by atoms with Gasteiger partial charge in [0.15, 0.2) is 0 Å². The minimum atomic E-state index is -0.495. The van der Waals surface area contributed by atoms with E-state index in [1.807, 2.05) is 20.8 Å². The second-order valence-corrected chi connectivity index (χ2v) is 6.45. The Hall–Kier alpha value is -0.810. The Balaban J connectivity index is 2.68. The maximum atomic E-state index is 12.1. The van der Waals surface area contributed by atoms with E-state index in [1.165, 1.54) is 0 Å². The molecular formula is C14H27NO4. The van der Waals surface area contributed by atoms with Crippen molar-refractivity contribution in [2.24, 2.45) is 5.41 Å². The lowest BCUT2D eigenvalue weighted by Crippen LogP contribution is -2.48. The van der Waals surface area contributed by atoms with Crippen LogP contribution in [0.25, 0.3) is 0 Å². The molecule has 0 atom stereocenters. The van der Waals surface area contributed by atoms with E-state index in [0.29, 0.717) is 25.9 Å². The number of aliphatic hydroxyl groups is 2. The lowest BCUT2D eigenvalue weighted by molar-refractivity contribution is -0.00611. The number of hydrogen-bond donors (Lipinski definition) is 2. The first-order valence-electron chi connectivity index (χ1n) is 7.02. The van der Waals surface area contributed by atoms with Crippen LogP contribution in [0, 0.1) is 5.41 Å². The van der Waals surface area contributed by atoms with Crippen molar-refractivity contribution in [2.75, 3.05) is 26.3 Å². The van der Waals surface area contributed by atoms with Gasteiger partial charge in [-0.1, -0.05) is 0 Å². The summed E-state index contributed by atoms with van der Waals surface area (Å²) >= 11 is 0. The number of likely N-dealkylation sites (tertiary alicyclic amines) is 1. The van der Waals surface area contributed by atoms with Gasteiger partial charge < -0.3 is 19.8 Å². The molecule has 0 spiro atoms. The Morgan fingerprint density at radius 2 is 1.84 bits per heavy atom. The molecule has 2 N–H and O–H groups in total. The predicted molar refractivity (Wildman–Crippen MR) is 72.9 cm³/mol. The zero-order valence-corrected chi connectivity index (χ0v) is 12.3. The monoisotopic (exact) mass is 273 g/mol. The van der Waals surface area contributed by atoms with Crippen LogP contribution < -0.4 is 0 Å². The highest BCUT2D eigenvalue weighted by Gasteiger charge is 2.37. The molecule has 1 aliphatic heterocycles. The average Bonchev–Trinajstić information content (AvgIpc) is 2.27. The predicted octanol–water partition coefficient (Wildman–Crippen LogP) is 1.77. The van der Waals surface area contributed by atoms with Gasteiger partial charge in [-0.2, -0.15) is 0 Å².